The summed E-state index contributed by atoms with van der Waals surface area (Å²) in [6, 6.07) is 13.3. The summed E-state index contributed by atoms with van der Waals surface area (Å²) in [6.07, 6.45) is 2.07. The van der Waals surface area contributed by atoms with Gasteiger partial charge in [-0.2, -0.15) is 0 Å². The maximum Gasteiger partial charge on any atom is 0.307 e. The van der Waals surface area contributed by atoms with Gasteiger partial charge in [0, 0.05) is 6.04 Å². The number of methoxy groups -OCH3 is 1. The fourth-order valence-corrected chi connectivity index (χ4v) is 3.93. The SMILES string of the molecule is COC(=O)CC(Cc1ccc(Oc2ccc(/C=C3/SC(=O)NC3=O)cc2)cc1)NC(=O)C(C)NCl. The molecule has 0 bridgehead atoms. The second-order valence-electron chi connectivity index (χ2n) is 7.69. The van der Waals surface area contributed by atoms with Gasteiger partial charge in [-0.25, -0.2) is 4.84 Å². The number of halogens is 1. The van der Waals surface area contributed by atoms with E-state index in [4.69, 9.17) is 21.3 Å². The van der Waals surface area contributed by atoms with Gasteiger partial charge in [0.05, 0.1) is 24.5 Å². The van der Waals surface area contributed by atoms with Crippen LogP contribution in [0.25, 0.3) is 6.08 Å². The van der Waals surface area contributed by atoms with Gasteiger partial charge in [-0.3, -0.25) is 24.5 Å². The maximum atomic E-state index is 12.2. The summed E-state index contributed by atoms with van der Waals surface area (Å²) in [6.45, 7) is 1.61. The van der Waals surface area contributed by atoms with Crippen LogP contribution in [0.4, 0.5) is 4.79 Å². The Bertz CT molecular complexity index is 1120. The molecule has 1 aliphatic heterocycles. The van der Waals surface area contributed by atoms with E-state index in [9.17, 15) is 19.2 Å². The van der Waals surface area contributed by atoms with Gasteiger partial charge >= 0.3 is 5.97 Å². The summed E-state index contributed by atoms with van der Waals surface area (Å²) in [5.41, 5.74) is 1.65. The average Bonchev–Trinajstić information content (AvgIpc) is 3.16. The third-order valence-electron chi connectivity index (χ3n) is 5.01. The molecule has 1 saturated heterocycles. The van der Waals surface area contributed by atoms with Crippen molar-refractivity contribution in [1.82, 2.24) is 15.5 Å². The highest BCUT2D eigenvalue weighted by Crippen LogP contribution is 2.27. The first-order valence-electron chi connectivity index (χ1n) is 10.6. The van der Waals surface area contributed by atoms with E-state index in [1.165, 1.54) is 7.11 Å². The number of esters is 1. The maximum absolute atomic E-state index is 12.2. The molecule has 2 aromatic rings. The third-order valence-corrected chi connectivity index (χ3v) is 6.14. The lowest BCUT2D eigenvalue weighted by Gasteiger charge is -2.20. The Labute approximate surface area is 211 Å². The number of nitrogens with one attached hydrogen (secondary N) is 3. The van der Waals surface area contributed by atoms with E-state index >= 15 is 0 Å². The summed E-state index contributed by atoms with van der Waals surface area (Å²) < 4.78 is 10.6. The number of thioether (sulfide) groups is 1. The van der Waals surface area contributed by atoms with Crippen LogP contribution >= 0.6 is 23.5 Å². The Morgan fingerprint density at radius 1 is 1.09 bits per heavy atom. The van der Waals surface area contributed by atoms with E-state index in [1.807, 2.05) is 12.1 Å². The molecule has 1 fully saturated rings. The predicted octanol–water partition coefficient (Wildman–Crippen LogP) is 3.53. The molecular weight excluding hydrogens is 494 g/mol. The van der Waals surface area contributed by atoms with Gasteiger partial charge in [0.2, 0.25) is 5.91 Å². The van der Waals surface area contributed by atoms with E-state index in [0.717, 1.165) is 22.9 Å². The van der Waals surface area contributed by atoms with Crippen molar-refractivity contribution in [1.29, 1.82) is 0 Å². The molecule has 0 saturated carbocycles. The second kappa shape index (κ2) is 12.4. The smallest absolute Gasteiger partial charge is 0.307 e. The number of benzene rings is 2. The molecule has 11 heteroatoms. The zero-order valence-electron chi connectivity index (χ0n) is 19.0. The number of rotatable bonds is 10. The minimum atomic E-state index is -0.619. The van der Waals surface area contributed by atoms with Crippen LogP contribution in [-0.4, -0.2) is 42.2 Å². The molecule has 3 amide bonds. The van der Waals surface area contributed by atoms with Gasteiger partial charge in [0.1, 0.15) is 11.5 Å². The van der Waals surface area contributed by atoms with Crippen LogP contribution in [0, 0.1) is 0 Å². The van der Waals surface area contributed by atoms with Crippen molar-refractivity contribution in [3.8, 4) is 11.5 Å². The van der Waals surface area contributed by atoms with Crippen LogP contribution in [0.15, 0.2) is 53.4 Å². The molecule has 1 aliphatic rings. The lowest BCUT2D eigenvalue weighted by molar-refractivity contribution is -0.141. The van der Waals surface area contributed by atoms with E-state index in [2.05, 4.69) is 15.5 Å². The Kier molecular flexibility index (Phi) is 9.30. The first kappa shape index (κ1) is 26.3. The summed E-state index contributed by atoms with van der Waals surface area (Å²) in [7, 11) is 1.30. The zero-order valence-corrected chi connectivity index (χ0v) is 20.6. The van der Waals surface area contributed by atoms with Crippen LogP contribution < -0.4 is 20.2 Å². The van der Waals surface area contributed by atoms with Crippen LogP contribution in [0.5, 0.6) is 11.5 Å². The highest BCUT2D eigenvalue weighted by molar-refractivity contribution is 8.18. The van der Waals surface area contributed by atoms with Gasteiger partial charge in [0.25, 0.3) is 11.1 Å². The molecule has 0 aromatic heterocycles. The molecule has 184 valence electrons. The first-order valence-corrected chi connectivity index (χ1v) is 11.8. The fourth-order valence-electron chi connectivity index (χ4n) is 3.15. The van der Waals surface area contributed by atoms with Gasteiger partial charge < -0.3 is 14.8 Å². The summed E-state index contributed by atoms with van der Waals surface area (Å²) >= 11 is 6.38. The molecule has 3 N–H and O–H groups in total. The average molecular weight is 518 g/mol. The van der Waals surface area contributed by atoms with Crippen molar-refractivity contribution in [3.05, 3.63) is 64.6 Å². The third kappa shape index (κ3) is 7.84. The van der Waals surface area contributed by atoms with Crippen LogP contribution in [0.2, 0.25) is 0 Å². The number of hydrogen-bond acceptors (Lipinski definition) is 8. The Hall–Kier alpha value is -3.34. The highest BCUT2D eigenvalue weighted by atomic mass is 35.5. The van der Waals surface area contributed by atoms with Gasteiger partial charge in [0.15, 0.2) is 0 Å². The lowest BCUT2D eigenvalue weighted by atomic mass is 10.0. The molecule has 2 atom stereocenters. The van der Waals surface area contributed by atoms with E-state index < -0.39 is 24.0 Å². The standard InChI is InChI=1S/C24H24ClN3O6S/c1-14(28-25)22(30)26-17(13-21(29)33-2)11-15-3-7-18(8-4-15)34-19-9-5-16(6-10-19)12-20-23(31)27-24(32)35-20/h3-10,12,14,17,28H,11,13H2,1-2H3,(H,26,30)(H,27,31,32)/b20-12+. The largest absolute Gasteiger partial charge is 0.469 e. The van der Waals surface area contributed by atoms with Crippen LogP contribution in [0.1, 0.15) is 24.5 Å². The normalized spacial score (nSPS) is 15.9. The molecule has 0 aliphatic carbocycles. The Morgan fingerprint density at radius 3 is 2.26 bits per heavy atom. The molecule has 2 aromatic carbocycles. The quantitative estimate of drug-likeness (QED) is 0.248. The lowest BCUT2D eigenvalue weighted by Crippen LogP contribution is -2.45. The van der Waals surface area contributed by atoms with E-state index in [-0.39, 0.29) is 17.6 Å². The zero-order chi connectivity index (χ0) is 25.4. The number of carbonyl (C=O) groups excluding carboxylic acids is 4. The van der Waals surface area contributed by atoms with Gasteiger partial charge in [-0.15, -0.1) is 0 Å². The van der Waals surface area contributed by atoms with Crippen molar-refractivity contribution in [3.63, 3.8) is 0 Å². The molecule has 9 nitrogen and oxygen atoms in total. The minimum absolute atomic E-state index is 0.0202. The summed E-state index contributed by atoms with van der Waals surface area (Å²) in [4.78, 5) is 49.6. The van der Waals surface area contributed by atoms with Crippen molar-refractivity contribution in [2.75, 3.05) is 7.11 Å². The van der Waals surface area contributed by atoms with E-state index in [0.29, 0.717) is 22.8 Å². The molecular formula is C24H24ClN3O6S. The second-order valence-corrected chi connectivity index (χ2v) is 8.92. The van der Waals surface area contributed by atoms with Gasteiger partial charge in [-0.1, -0.05) is 24.3 Å². The predicted molar refractivity (Wildman–Crippen MR) is 133 cm³/mol. The first-order chi connectivity index (χ1) is 16.8. The van der Waals surface area contributed by atoms with Gasteiger partial charge in [-0.05, 0) is 78.4 Å². The summed E-state index contributed by atoms with van der Waals surface area (Å²) in [5.74, 6) is 0.0351. The minimum Gasteiger partial charge on any atom is -0.469 e. The van der Waals surface area contributed by atoms with Crippen molar-refractivity contribution < 1.29 is 28.7 Å². The van der Waals surface area contributed by atoms with Crippen molar-refractivity contribution in [2.45, 2.75) is 31.8 Å². The van der Waals surface area contributed by atoms with Crippen LogP contribution in [0.3, 0.4) is 0 Å². The highest BCUT2D eigenvalue weighted by Gasteiger charge is 2.25. The number of carbonyl (C=O) groups is 4. The number of ether oxygens (including phenoxy) is 2. The van der Waals surface area contributed by atoms with Crippen molar-refractivity contribution >= 4 is 52.6 Å². The van der Waals surface area contributed by atoms with Crippen molar-refractivity contribution in [2.24, 2.45) is 0 Å². The topological polar surface area (TPSA) is 123 Å². The molecule has 35 heavy (non-hydrogen) atoms. The Balaban J connectivity index is 1.61. The molecule has 0 spiro atoms. The molecule has 1 heterocycles. The summed E-state index contributed by atoms with van der Waals surface area (Å²) in [5, 5.41) is 4.64. The number of hydrogen-bond donors (Lipinski definition) is 3. The number of amides is 3. The number of imide groups is 1. The van der Waals surface area contributed by atoms with Crippen LogP contribution in [-0.2, 0) is 25.5 Å². The Morgan fingerprint density at radius 2 is 1.71 bits per heavy atom. The van der Waals surface area contributed by atoms with E-state index in [1.54, 1.807) is 49.4 Å². The fraction of sp³-hybridized carbons (Fsp3) is 0.250. The monoisotopic (exact) mass is 517 g/mol. The molecule has 3 rings (SSSR count). The molecule has 0 radical (unpaired) electrons. The molecule has 2 unspecified atom stereocenters.